The average molecular weight is 298 g/mol. The third kappa shape index (κ3) is 3.46. The van der Waals surface area contributed by atoms with Crippen LogP contribution in [0.4, 0.5) is 8.78 Å². The fourth-order valence-electron chi connectivity index (χ4n) is 1.73. The van der Waals surface area contributed by atoms with Crippen LogP contribution in [0.15, 0.2) is 36.4 Å². The van der Waals surface area contributed by atoms with Gasteiger partial charge in [0, 0.05) is 12.1 Å². The van der Waals surface area contributed by atoms with E-state index in [1.54, 1.807) is 6.07 Å². The molecule has 5 heteroatoms. The Bertz CT molecular complexity index is 604. The molecule has 20 heavy (non-hydrogen) atoms. The highest BCUT2D eigenvalue weighted by Gasteiger charge is 2.11. The monoisotopic (exact) mass is 297 g/mol. The zero-order valence-electron chi connectivity index (χ0n) is 10.9. The van der Waals surface area contributed by atoms with Crippen LogP contribution >= 0.6 is 11.6 Å². The van der Waals surface area contributed by atoms with E-state index in [0.717, 1.165) is 6.54 Å². The molecule has 0 spiro atoms. The first-order valence-electron chi connectivity index (χ1n) is 6.23. The lowest BCUT2D eigenvalue weighted by Crippen LogP contribution is -2.12. The number of nitrogens with one attached hydrogen (secondary N) is 1. The Labute approximate surface area is 121 Å². The molecule has 0 amide bonds. The summed E-state index contributed by atoms with van der Waals surface area (Å²) in [4.78, 5) is 0. The van der Waals surface area contributed by atoms with E-state index in [4.69, 9.17) is 16.3 Å². The van der Waals surface area contributed by atoms with Crippen LogP contribution in [-0.2, 0) is 6.54 Å². The van der Waals surface area contributed by atoms with Gasteiger partial charge >= 0.3 is 0 Å². The number of benzene rings is 2. The second-order valence-corrected chi connectivity index (χ2v) is 4.59. The van der Waals surface area contributed by atoms with Gasteiger partial charge in [0.2, 0.25) is 0 Å². The zero-order valence-corrected chi connectivity index (χ0v) is 11.7. The standard InChI is InChI=1S/C15H14ClF2NO/c1-2-19-9-10-8-11(17)6-7-13(10)20-14-5-3-4-12(16)15(14)18/h3-8,19H,2,9H2,1H3. The molecule has 0 atom stereocenters. The summed E-state index contributed by atoms with van der Waals surface area (Å²) in [5.74, 6) is -0.583. The molecule has 0 bridgehead atoms. The third-order valence-electron chi connectivity index (χ3n) is 2.72. The lowest BCUT2D eigenvalue weighted by molar-refractivity contribution is 0.434. The van der Waals surface area contributed by atoms with Crippen LogP contribution in [0.5, 0.6) is 11.5 Å². The fraction of sp³-hybridized carbons (Fsp3) is 0.200. The lowest BCUT2D eigenvalue weighted by Gasteiger charge is -2.12. The molecule has 0 heterocycles. The molecule has 0 radical (unpaired) electrons. The highest BCUT2D eigenvalue weighted by Crippen LogP contribution is 2.31. The zero-order chi connectivity index (χ0) is 14.5. The molecule has 0 aliphatic heterocycles. The molecule has 2 rings (SSSR count). The number of halogens is 3. The van der Waals surface area contributed by atoms with Gasteiger partial charge in [-0.15, -0.1) is 0 Å². The van der Waals surface area contributed by atoms with Crippen molar-refractivity contribution in [2.45, 2.75) is 13.5 Å². The van der Waals surface area contributed by atoms with Gasteiger partial charge in [-0.2, -0.15) is 0 Å². The number of rotatable bonds is 5. The molecule has 0 saturated carbocycles. The van der Waals surface area contributed by atoms with Crippen molar-refractivity contribution in [3.05, 3.63) is 58.6 Å². The smallest absolute Gasteiger partial charge is 0.184 e. The predicted octanol–water partition coefficient (Wildman–Crippen LogP) is 4.52. The van der Waals surface area contributed by atoms with Crippen molar-refractivity contribution in [2.75, 3.05) is 6.54 Å². The first kappa shape index (κ1) is 14.8. The molecule has 2 aromatic rings. The first-order valence-corrected chi connectivity index (χ1v) is 6.60. The maximum absolute atomic E-state index is 13.8. The molecule has 0 aromatic heterocycles. The topological polar surface area (TPSA) is 21.3 Å². The highest BCUT2D eigenvalue weighted by atomic mass is 35.5. The molecular formula is C15H14ClF2NO. The van der Waals surface area contributed by atoms with E-state index < -0.39 is 5.82 Å². The van der Waals surface area contributed by atoms with Gasteiger partial charge < -0.3 is 10.1 Å². The van der Waals surface area contributed by atoms with Gasteiger partial charge in [-0.05, 0) is 36.9 Å². The van der Waals surface area contributed by atoms with Crippen molar-refractivity contribution >= 4 is 11.6 Å². The van der Waals surface area contributed by atoms with Gasteiger partial charge in [0.15, 0.2) is 11.6 Å². The molecule has 0 aliphatic rings. The van der Waals surface area contributed by atoms with Crippen molar-refractivity contribution in [3.8, 4) is 11.5 Å². The summed E-state index contributed by atoms with van der Waals surface area (Å²) in [6.07, 6.45) is 0. The minimum atomic E-state index is -0.632. The molecule has 0 aliphatic carbocycles. The molecule has 1 N–H and O–H groups in total. The van der Waals surface area contributed by atoms with Gasteiger partial charge in [-0.1, -0.05) is 24.6 Å². The van der Waals surface area contributed by atoms with Crippen LogP contribution in [0, 0.1) is 11.6 Å². The quantitative estimate of drug-likeness (QED) is 0.876. The molecular weight excluding hydrogens is 284 g/mol. The summed E-state index contributed by atoms with van der Waals surface area (Å²) in [6.45, 7) is 3.11. The second-order valence-electron chi connectivity index (χ2n) is 4.19. The number of hydrogen-bond acceptors (Lipinski definition) is 2. The van der Waals surface area contributed by atoms with E-state index in [2.05, 4.69) is 5.32 Å². The summed E-state index contributed by atoms with van der Waals surface area (Å²) >= 11 is 5.70. The predicted molar refractivity (Wildman–Crippen MR) is 75.3 cm³/mol. The molecule has 106 valence electrons. The lowest BCUT2D eigenvalue weighted by atomic mass is 10.2. The van der Waals surface area contributed by atoms with Crippen LogP contribution in [0.3, 0.4) is 0 Å². The third-order valence-corrected chi connectivity index (χ3v) is 3.02. The minimum Gasteiger partial charge on any atom is -0.454 e. The average Bonchev–Trinajstić information content (AvgIpc) is 2.44. The Balaban J connectivity index is 2.30. The van der Waals surface area contributed by atoms with Crippen LogP contribution in [0.25, 0.3) is 0 Å². The Morgan fingerprint density at radius 3 is 2.70 bits per heavy atom. The molecule has 0 fully saturated rings. The normalized spacial score (nSPS) is 10.6. The Morgan fingerprint density at radius 2 is 1.95 bits per heavy atom. The van der Waals surface area contributed by atoms with Gasteiger partial charge in [0.25, 0.3) is 0 Å². The van der Waals surface area contributed by atoms with Crippen molar-refractivity contribution < 1.29 is 13.5 Å². The SMILES string of the molecule is CCNCc1cc(F)ccc1Oc1cccc(Cl)c1F. The summed E-state index contributed by atoms with van der Waals surface area (Å²) in [5, 5.41) is 3.06. The first-order chi connectivity index (χ1) is 9.61. The number of hydrogen-bond donors (Lipinski definition) is 1. The van der Waals surface area contributed by atoms with E-state index in [1.807, 2.05) is 6.92 Å². The van der Waals surface area contributed by atoms with E-state index in [9.17, 15) is 8.78 Å². The van der Waals surface area contributed by atoms with E-state index >= 15 is 0 Å². The largest absolute Gasteiger partial charge is 0.454 e. The maximum atomic E-state index is 13.8. The van der Waals surface area contributed by atoms with Crippen LogP contribution < -0.4 is 10.1 Å². The molecule has 2 nitrogen and oxygen atoms in total. The van der Waals surface area contributed by atoms with Crippen molar-refractivity contribution in [2.24, 2.45) is 0 Å². The number of ether oxygens (including phenoxy) is 1. The van der Waals surface area contributed by atoms with Crippen LogP contribution in [-0.4, -0.2) is 6.54 Å². The Morgan fingerprint density at radius 1 is 1.15 bits per heavy atom. The second kappa shape index (κ2) is 6.68. The van der Waals surface area contributed by atoms with E-state index in [0.29, 0.717) is 17.9 Å². The summed E-state index contributed by atoms with van der Waals surface area (Å²) < 4.78 is 32.6. The van der Waals surface area contributed by atoms with Gasteiger partial charge in [-0.3, -0.25) is 0 Å². The molecule has 0 saturated heterocycles. The van der Waals surface area contributed by atoms with Crippen molar-refractivity contribution in [1.82, 2.24) is 5.32 Å². The van der Waals surface area contributed by atoms with Crippen molar-refractivity contribution in [3.63, 3.8) is 0 Å². The summed E-state index contributed by atoms with van der Waals surface area (Å²) in [6, 6.07) is 8.61. The Hall–Kier alpha value is -1.65. The molecule has 0 unspecified atom stereocenters. The van der Waals surface area contributed by atoms with Crippen LogP contribution in [0.2, 0.25) is 5.02 Å². The highest BCUT2D eigenvalue weighted by molar-refractivity contribution is 6.30. The van der Waals surface area contributed by atoms with Gasteiger partial charge in [0.1, 0.15) is 11.6 Å². The maximum Gasteiger partial charge on any atom is 0.184 e. The minimum absolute atomic E-state index is 0.0156. The van der Waals surface area contributed by atoms with Crippen LogP contribution in [0.1, 0.15) is 12.5 Å². The summed E-state index contributed by atoms with van der Waals surface area (Å²) in [5.41, 5.74) is 0.617. The van der Waals surface area contributed by atoms with Crippen molar-refractivity contribution in [1.29, 1.82) is 0 Å². The molecule has 2 aromatic carbocycles. The van der Waals surface area contributed by atoms with E-state index in [1.165, 1.54) is 30.3 Å². The van der Waals surface area contributed by atoms with Gasteiger partial charge in [-0.25, -0.2) is 8.78 Å². The van der Waals surface area contributed by atoms with Gasteiger partial charge in [0.05, 0.1) is 5.02 Å². The fourth-order valence-corrected chi connectivity index (χ4v) is 1.89. The Kier molecular flexibility index (Phi) is 4.93. The summed E-state index contributed by atoms with van der Waals surface area (Å²) in [7, 11) is 0. The van der Waals surface area contributed by atoms with E-state index in [-0.39, 0.29) is 16.6 Å².